The van der Waals surface area contributed by atoms with Crippen LogP contribution in [0.5, 0.6) is 5.75 Å². The Hall–Kier alpha value is -1.68. The van der Waals surface area contributed by atoms with Crippen molar-refractivity contribution in [3.63, 3.8) is 0 Å². The molecular weight excluding hydrogens is 244 g/mol. The standard InChI is InChI=1S/C14H16N2OS/c1-17-13-8-5-9-15-14(13)16-10-11-18-12-6-3-2-4-7-12/h2-9H,10-11H2,1H3,(H,15,16). The first-order chi connectivity index (χ1) is 8.90. The Kier molecular flexibility index (Phi) is 4.90. The smallest absolute Gasteiger partial charge is 0.168 e. The number of anilines is 1. The Morgan fingerprint density at radius 3 is 2.78 bits per heavy atom. The molecule has 0 aliphatic rings. The molecule has 0 radical (unpaired) electrons. The molecule has 0 saturated carbocycles. The van der Waals surface area contributed by atoms with E-state index in [9.17, 15) is 0 Å². The van der Waals surface area contributed by atoms with E-state index in [1.165, 1.54) is 4.90 Å². The van der Waals surface area contributed by atoms with Crippen LogP contribution in [0.1, 0.15) is 0 Å². The maximum atomic E-state index is 5.23. The normalized spacial score (nSPS) is 10.1. The van der Waals surface area contributed by atoms with Crippen molar-refractivity contribution in [1.29, 1.82) is 0 Å². The predicted octanol–water partition coefficient (Wildman–Crippen LogP) is 3.29. The summed E-state index contributed by atoms with van der Waals surface area (Å²) in [5, 5.41) is 3.28. The highest BCUT2D eigenvalue weighted by atomic mass is 32.2. The summed E-state index contributed by atoms with van der Waals surface area (Å²) in [6.45, 7) is 0.854. The van der Waals surface area contributed by atoms with Crippen LogP contribution >= 0.6 is 11.8 Å². The van der Waals surface area contributed by atoms with Gasteiger partial charge in [0, 0.05) is 23.4 Å². The number of ether oxygens (including phenoxy) is 1. The van der Waals surface area contributed by atoms with Gasteiger partial charge in [0.2, 0.25) is 0 Å². The van der Waals surface area contributed by atoms with E-state index in [2.05, 4.69) is 34.6 Å². The molecule has 3 nitrogen and oxygen atoms in total. The molecule has 94 valence electrons. The third-order valence-corrected chi connectivity index (χ3v) is 3.41. The highest BCUT2D eigenvalue weighted by Crippen LogP contribution is 2.21. The Labute approximate surface area is 112 Å². The van der Waals surface area contributed by atoms with E-state index in [1.54, 1.807) is 13.3 Å². The minimum absolute atomic E-state index is 0.780. The molecule has 1 N–H and O–H groups in total. The zero-order chi connectivity index (χ0) is 12.6. The van der Waals surface area contributed by atoms with Gasteiger partial charge in [-0.25, -0.2) is 4.98 Å². The van der Waals surface area contributed by atoms with Gasteiger partial charge in [0.05, 0.1) is 7.11 Å². The number of rotatable bonds is 6. The molecule has 0 atom stereocenters. The Bertz CT molecular complexity index is 476. The summed E-state index contributed by atoms with van der Waals surface area (Å²) in [7, 11) is 1.65. The average Bonchev–Trinajstić information content (AvgIpc) is 2.45. The van der Waals surface area contributed by atoms with Gasteiger partial charge in [0.15, 0.2) is 11.6 Å². The van der Waals surface area contributed by atoms with Crippen LogP contribution in [0.2, 0.25) is 0 Å². The molecule has 4 heteroatoms. The molecule has 1 aromatic heterocycles. The van der Waals surface area contributed by atoms with Crippen molar-refractivity contribution in [1.82, 2.24) is 4.98 Å². The fourth-order valence-electron chi connectivity index (χ4n) is 1.54. The molecule has 0 aliphatic carbocycles. The lowest BCUT2D eigenvalue weighted by atomic mass is 10.4. The molecule has 1 heterocycles. The lowest BCUT2D eigenvalue weighted by Gasteiger charge is -2.09. The molecule has 2 aromatic rings. The first-order valence-corrected chi connectivity index (χ1v) is 6.79. The Balaban J connectivity index is 1.78. The minimum Gasteiger partial charge on any atom is -0.493 e. The van der Waals surface area contributed by atoms with Gasteiger partial charge in [-0.3, -0.25) is 0 Å². The van der Waals surface area contributed by atoms with Crippen LogP contribution in [-0.2, 0) is 0 Å². The Morgan fingerprint density at radius 2 is 2.00 bits per heavy atom. The summed E-state index contributed by atoms with van der Waals surface area (Å²) >= 11 is 1.82. The van der Waals surface area contributed by atoms with Crippen molar-refractivity contribution < 1.29 is 4.74 Å². The Morgan fingerprint density at radius 1 is 1.17 bits per heavy atom. The summed E-state index contributed by atoms with van der Waals surface area (Å²) in [6, 6.07) is 14.1. The minimum atomic E-state index is 0.780. The van der Waals surface area contributed by atoms with E-state index < -0.39 is 0 Å². The van der Waals surface area contributed by atoms with E-state index >= 15 is 0 Å². The number of aromatic nitrogens is 1. The molecule has 1 aromatic carbocycles. The molecule has 0 unspecified atom stereocenters. The van der Waals surface area contributed by atoms with Crippen molar-refractivity contribution in [3.05, 3.63) is 48.7 Å². The number of pyridine rings is 1. The van der Waals surface area contributed by atoms with Crippen LogP contribution in [0.3, 0.4) is 0 Å². The second kappa shape index (κ2) is 6.91. The predicted molar refractivity (Wildman–Crippen MR) is 76.4 cm³/mol. The van der Waals surface area contributed by atoms with Gasteiger partial charge in [-0.1, -0.05) is 18.2 Å². The fourth-order valence-corrected chi connectivity index (χ4v) is 2.33. The molecule has 2 rings (SSSR count). The van der Waals surface area contributed by atoms with Crippen molar-refractivity contribution in [2.24, 2.45) is 0 Å². The number of nitrogens with one attached hydrogen (secondary N) is 1. The first-order valence-electron chi connectivity index (χ1n) is 5.81. The molecule has 0 saturated heterocycles. The molecule has 0 bridgehead atoms. The van der Waals surface area contributed by atoms with E-state index in [4.69, 9.17) is 4.74 Å². The van der Waals surface area contributed by atoms with E-state index in [-0.39, 0.29) is 0 Å². The van der Waals surface area contributed by atoms with Gasteiger partial charge in [-0.05, 0) is 24.3 Å². The summed E-state index contributed by atoms with van der Waals surface area (Å²) in [6.07, 6.45) is 1.76. The summed E-state index contributed by atoms with van der Waals surface area (Å²) < 4.78 is 5.23. The first kappa shape index (κ1) is 12.8. The van der Waals surface area contributed by atoms with Crippen LogP contribution in [0.15, 0.2) is 53.6 Å². The number of hydrogen-bond donors (Lipinski definition) is 1. The third kappa shape index (κ3) is 3.67. The lowest BCUT2D eigenvalue weighted by Crippen LogP contribution is -2.06. The topological polar surface area (TPSA) is 34.1 Å². The number of nitrogens with zero attached hydrogens (tertiary/aromatic N) is 1. The maximum absolute atomic E-state index is 5.23. The average molecular weight is 260 g/mol. The van der Waals surface area contributed by atoms with Crippen LogP contribution in [0, 0.1) is 0 Å². The number of hydrogen-bond acceptors (Lipinski definition) is 4. The second-order valence-electron chi connectivity index (χ2n) is 3.64. The van der Waals surface area contributed by atoms with Crippen LogP contribution < -0.4 is 10.1 Å². The van der Waals surface area contributed by atoms with Crippen molar-refractivity contribution in [2.45, 2.75) is 4.90 Å². The molecule has 0 amide bonds. The molecule has 0 fully saturated rings. The monoisotopic (exact) mass is 260 g/mol. The van der Waals surface area contributed by atoms with Crippen LogP contribution in [-0.4, -0.2) is 24.4 Å². The van der Waals surface area contributed by atoms with Crippen molar-refractivity contribution >= 4 is 17.6 Å². The zero-order valence-electron chi connectivity index (χ0n) is 10.3. The number of thioether (sulfide) groups is 1. The van der Waals surface area contributed by atoms with Gasteiger partial charge < -0.3 is 10.1 Å². The van der Waals surface area contributed by atoms with Crippen LogP contribution in [0.4, 0.5) is 5.82 Å². The quantitative estimate of drug-likeness (QED) is 0.638. The summed E-state index contributed by atoms with van der Waals surface area (Å²) in [5.41, 5.74) is 0. The second-order valence-corrected chi connectivity index (χ2v) is 4.81. The molecule has 0 spiro atoms. The van der Waals surface area contributed by atoms with Gasteiger partial charge >= 0.3 is 0 Å². The largest absolute Gasteiger partial charge is 0.493 e. The van der Waals surface area contributed by atoms with Gasteiger partial charge in [0.1, 0.15) is 0 Å². The maximum Gasteiger partial charge on any atom is 0.168 e. The third-order valence-electron chi connectivity index (χ3n) is 2.40. The lowest BCUT2D eigenvalue weighted by molar-refractivity contribution is 0.415. The molecule has 0 aliphatic heterocycles. The number of methoxy groups -OCH3 is 1. The highest BCUT2D eigenvalue weighted by Gasteiger charge is 2.01. The summed E-state index contributed by atoms with van der Waals surface area (Å²) in [4.78, 5) is 5.53. The molecule has 18 heavy (non-hydrogen) atoms. The summed E-state index contributed by atoms with van der Waals surface area (Å²) in [5.74, 6) is 2.57. The van der Waals surface area contributed by atoms with Crippen molar-refractivity contribution in [3.8, 4) is 5.75 Å². The van der Waals surface area contributed by atoms with E-state index in [0.717, 1.165) is 23.9 Å². The van der Waals surface area contributed by atoms with Crippen molar-refractivity contribution in [2.75, 3.05) is 24.7 Å². The van der Waals surface area contributed by atoms with E-state index in [0.29, 0.717) is 0 Å². The van der Waals surface area contributed by atoms with Gasteiger partial charge in [-0.2, -0.15) is 0 Å². The fraction of sp³-hybridized carbons (Fsp3) is 0.214. The zero-order valence-corrected chi connectivity index (χ0v) is 11.1. The van der Waals surface area contributed by atoms with E-state index in [1.807, 2.05) is 30.0 Å². The van der Waals surface area contributed by atoms with Gasteiger partial charge in [0.25, 0.3) is 0 Å². The highest BCUT2D eigenvalue weighted by molar-refractivity contribution is 7.99. The van der Waals surface area contributed by atoms with Gasteiger partial charge in [-0.15, -0.1) is 11.8 Å². The SMILES string of the molecule is COc1cccnc1NCCSc1ccccc1. The van der Waals surface area contributed by atoms with Crippen LogP contribution in [0.25, 0.3) is 0 Å². The molecular formula is C14H16N2OS. The number of benzene rings is 1.